The lowest BCUT2D eigenvalue weighted by atomic mass is 9.85. The van der Waals surface area contributed by atoms with Crippen LogP contribution in [0.1, 0.15) is 44.7 Å². The molecule has 0 aromatic carbocycles. The van der Waals surface area contributed by atoms with Crippen LogP contribution in [0.5, 0.6) is 0 Å². The number of thiazole rings is 1. The fourth-order valence-electron chi connectivity index (χ4n) is 4.21. The van der Waals surface area contributed by atoms with E-state index in [9.17, 15) is 0 Å². The minimum atomic E-state index is 0.174. The van der Waals surface area contributed by atoms with Gasteiger partial charge in [-0.05, 0) is 32.1 Å². The number of imidazole rings is 1. The van der Waals surface area contributed by atoms with E-state index in [-0.39, 0.29) is 6.04 Å². The first-order valence-electron chi connectivity index (χ1n) is 8.20. The van der Waals surface area contributed by atoms with E-state index in [1.165, 1.54) is 50.2 Å². The third-order valence-corrected chi connectivity index (χ3v) is 5.89. The van der Waals surface area contributed by atoms with Gasteiger partial charge in [-0.2, -0.15) is 0 Å². The quantitative estimate of drug-likeness (QED) is 0.948. The van der Waals surface area contributed by atoms with Crippen LogP contribution in [-0.4, -0.2) is 28.0 Å². The smallest absolute Gasteiger partial charge is 0.195 e. The predicted octanol–water partition coefficient (Wildman–Crippen LogP) is 3.05. The van der Waals surface area contributed by atoms with Crippen LogP contribution in [0.4, 0.5) is 5.82 Å². The Balaban J connectivity index is 1.73. The van der Waals surface area contributed by atoms with Gasteiger partial charge in [0, 0.05) is 36.6 Å². The molecule has 0 bridgehead atoms. The summed E-state index contributed by atoms with van der Waals surface area (Å²) in [5, 5.41) is 2.12. The van der Waals surface area contributed by atoms with Gasteiger partial charge in [0.05, 0.1) is 5.69 Å². The summed E-state index contributed by atoms with van der Waals surface area (Å²) < 4.78 is 2.25. The standard InChI is InChI=1S/C16H24N4S/c1-11(17)10-14-15(18-16-20(14)8-9-21-16)19-7-6-12-4-2-3-5-13(12)19/h8-9,11-13H,2-7,10,17H2,1H3. The second-order valence-corrected chi connectivity index (χ2v) is 7.59. The van der Waals surface area contributed by atoms with Crippen molar-refractivity contribution in [1.29, 1.82) is 0 Å². The summed E-state index contributed by atoms with van der Waals surface area (Å²) in [5.74, 6) is 2.11. The maximum absolute atomic E-state index is 6.09. The number of fused-ring (bicyclic) bond motifs is 2. The Kier molecular flexibility index (Phi) is 3.42. The Morgan fingerprint density at radius 1 is 1.38 bits per heavy atom. The highest BCUT2D eigenvalue weighted by Gasteiger charge is 2.38. The van der Waals surface area contributed by atoms with Crippen molar-refractivity contribution >= 4 is 22.1 Å². The van der Waals surface area contributed by atoms with E-state index in [0.29, 0.717) is 0 Å². The summed E-state index contributed by atoms with van der Waals surface area (Å²) in [6.45, 7) is 3.26. The van der Waals surface area contributed by atoms with Gasteiger partial charge in [0.1, 0.15) is 0 Å². The molecule has 0 amide bonds. The average molecular weight is 304 g/mol. The molecule has 2 aliphatic rings. The molecule has 2 N–H and O–H groups in total. The summed E-state index contributed by atoms with van der Waals surface area (Å²) in [6, 6.07) is 0.892. The third kappa shape index (κ3) is 2.27. The molecule has 4 nitrogen and oxygen atoms in total. The van der Waals surface area contributed by atoms with Gasteiger partial charge < -0.3 is 10.6 Å². The predicted molar refractivity (Wildman–Crippen MR) is 88.1 cm³/mol. The fourth-order valence-corrected chi connectivity index (χ4v) is 4.94. The molecule has 114 valence electrons. The zero-order valence-electron chi connectivity index (χ0n) is 12.7. The molecule has 5 heteroatoms. The number of rotatable bonds is 3. The van der Waals surface area contributed by atoms with E-state index >= 15 is 0 Å². The van der Waals surface area contributed by atoms with E-state index in [1.807, 2.05) is 0 Å². The molecule has 3 atom stereocenters. The average Bonchev–Trinajstić information content (AvgIpc) is 3.13. The molecule has 2 fully saturated rings. The topological polar surface area (TPSA) is 46.6 Å². The summed E-state index contributed by atoms with van der Waals surface area (Å²) in [4.78, 5) is 8.66. The fraction of sp³-hybridized carbons (Fsp3) is 0.688. The molecule has 2 aromatic heterocycles. The zero-order chi connectivity index (χ0) is 14.4. The number of nitrogens with zero attached hydrogens (tertiary/aromatic N) is 3. The Morgan fingerprint density at radius 3 is 3.10 bits per heavy atom. The highest BCUT2D eigenvalue weighted by molar-refractivity contribution is 7.15. The second kappa shape index (κ2) is 5.29. The van der Waals surface area contributed by atoms with Crippen LogP contribution >= 0.6 is 11.3 Å². The van der Waals surface area contributed by atoms with Gasteiger partial charge in [0.2, 0.25) is 0 Å². The zero-order valence-corrected chi connectivity index (χ0v) is 13.5. The van der Waals surface area contributed by atoms with Gasteiger partial charge >= 0.3 is 0 Å². The molecule has 1 aliphatic heterocycles. The third-order valence-electron chi connectivity index (χ3n) is 5.14. The Labute approximate surface area is 130 Å². The first kappa shape index (κ1) is 13.6. The summed E-state index contributed by atoms with van der Waals surface area (Å²) in [7, 11) is 0. The highest BCUT2D eigenvalue weighted by Crippen LogP contribution is 2.40. The molecule has 4 rings (SSSR count). The monoisotopic (exact) mass is 304 g/mol. The van der Waals surface area contributed by atoms with E-state index in [4.69, 9.17) is 10.7 Å². The summed E-state index contributed by atoms with van der Waals surface area (Å²) >= 11 is 1.72. The van der Waals surface area contributed by atoms with Gasteiger partial charge in [0.15, 0.2) is 10.8 Å². The molecular formula is C16H24N4S. The Hall–Kier alpha value is -1.07. The van der Waals surface area contributed by atoms with Gasteiger partial charge in [-0.1, -0.05) is 12.8 Å². The van der Waals surface area contributed by atoms with E-state index in [1.54, 1.807) is 11.3 Å². The Bertz CT molecular complexity index is 629. The number of nitrogens with two attached hydrogens (primary N) is 1. The molecule has 0 radical (unpaired) electrons. The first-order chi connectivity index (χ1) is 10.2. The van der Waals surface area contributed by atoms with Gasteiger partial charge in [-0.3, -0.25) is 4.40 Å². The SMILES string of the molecule is CC(N)Cc1c(N2CCC3CCCCC32)nc2sccn12. The number of anilines is 1. The highest BCUT2D eigenvalue weighted by atomic mass is 32.1. The van der Waals surface area contributed by atoms with Crippen molar-refractivity contribution in [1.82, 2.24) is 9.38 Å². The molecule has 1 saturated carbocycles. The van der Waals surface area contributed by atoms with Crippen molar-refractivity contribution in [3.63, 3.8) is 0 Å². The van der Waals surface area contributed by atoms with Crippen molar-refractivity contribution in [3.05, 3.63) is 17.3 Å². The lowest BCUT2D eigenvalue weighted by Crippen LogP contribution is -2.36. The summed E-state index contributed by atoms with van der Waals surface area (Å²) in [6.07, 6.45) is 9.93. The van der Waals surface area contributed by atoms with E-state index < -0.39 is 0 Å². The molecule has 1 aliphatic carbocycles. The van der Waals surface area contributed by atoms with Crippen LogP contribution in [0.15, 0.2) is 11.6 Å². The van der Waals surface area contributed by atoms with Crippen LogP contribution in [-0.2, 0) is 6.42 Å². The molecular weight excluding hydrogens is 280 g/mol. The van der Waals surface area contributed by atoms with Crippen LogP contribution in [0.25, 0.3) is 4.96 Å². The van der Waals surface area contributed by atoms with Crippen molar-refractivity contribution in [2.24, 2.45) is 11.7 Å². The van der Waals surface area contributed by atoms with Crippen molar-refractivity contribution < 1.29 is 0 Å². The maximum Gasteiger partial charge on any atom is 0.195 e. The van der Waals surface area contributed by atoms with Crippen LogP contribution in [0.3, 0.4) is 0 Å². The van der Waals surface area contributed by atoms with Gasteiger partial charge in [-0.25, -0.2) is 4.98 Å². The molecule has 3 heterocycles. The van der Waals surface area contributed by atoms with Crippen LogP contribution in [0.2, 0.25) is 0 Å². The van der Waals surface area contributed by atoms with E-state index in [2.05, 4.69) is 27.8 Å². The lowest BCUT2D eigenvalue weighted by molar-refractivity contribution is 0.341. The van der Waals surface area contributed by atoms with Gasteiger partial charge in [0.25, 0.3) is 0 Å². The van der Waals surface area contributed by atoms with Crippen LogP contribution < -0.4 is 10.6 Å². The first-order valence-corrected chi connectivity index (χ1v) is 9.08. The minimum Gasteiger partial charge on any atom is -0.352 e. The lowest BCUT2D eigenvalue weighted by Gasteiger charge is -2.32. The van der Waals surface area contributed by atoms with Gasteiger partial charge in [-0.15, -0.1) is 11.3 Å². The normalized spacial score (nSPS) is 27.2. The minimum absolute atomic E-state index is 0.174. The second-order valence-electron chi connectivity index (χ2n) is 6.71. The van der Waals surface area contributed by atoms with Crippen molar-refractivity contribution in [2.45, 2.75) is 57.5 Å². The Morgan fingerprint density at radius 2 is 2.24 bits per heavy atom. The molecule has 2 aromatic rings. The molecule has 21 heavy (non-hydrogen) atoms. The maximum atomic E-state index is 6.09. The van der Waals surface area contributed by atoms with Crippen molar-refractivity contribution in [3.8, 4) is 0 Å². The summed E-state index contributed by atoms with van der Waals surface area (Å²) in [5.41, 5.74) is 7.40. The van der Waals surface area contributed by atoms with Crippen molar-refractivity contribution in [2.75, 3.05) is 11.4 Å². The largest absolute Gasteiger partial charge is 0.352 e. The van der Waals surface area contributed by atoms with Crippen LogP contribution in [0, 0.1) is 5.92 Å². The molecule has 3 unspecified atom stereocenters. The van der Waals surface area contributed by atoms with E-state index in [0.717, 1.165) is 23.3 Å². The molecule has 1 saturated heterocycles. The number of hydrogen-bond donors (Lipinski definition) is 1. The number of aromatic nitrogens is 2. The molecule has 0 spiro atoms. The number of hydrogen-bond acceptors (Lipinski definition) is 4.